The van der Waals surface area contributed by atoms with Crippen molar-refractivity contribution < 1.29 is 14.6 Å². The van der Waals surface area contributed by atoms with E-state index in [1.54, 1.807) is 24.3 Å². The first-order valence-electron chi connectivity index (χ1n) is 5.02. The average Bonchev–Trinajstić information content (AvgIpc) is 2.35. The van der Waals surface area contributed by atoms with Crippen LogP contribution < -0.4 is 0 Å². The molecule has 2 rings (SSSR count). The molecule has 0 fully saturated rings. The van der Waals surface area contributed by atoms with Crippen LogP contribution in [0.2, 0.25) is 0 Å². The summed E-state index contributed by atoms with van der Waals surface area (Å²) >= 11 is 0. The molecule has 0 aromatic heterocycles. The topological polar surface area (TPSA) is 46.5 Å². The maximum absolute atomic E-state index is 10.9. The highest BCUT2D eigenvalue weighted by Crippen LogP contribution is 2.20. The Morgan fingerprint density at radius 2 is 1.88 bits per heavy atom. The monoisotopic (exact) mass is 226 g/mol. The first-order valence-corrected chi connectivity index (χ1v) is 5.02. The predicted octanol–water partition coefficient (Wildman–Crippen LogP) is 2.07. The largest absolute Gasteiger partial charge is 0.508 e. The van der Waals surface area contributed by atoms with Crippen LogP contribution in [0.3, 0.4) is 0 Å². The second-order valence-electron chi connectivity index (χ2n) is 3.49. The molecular weight excluding hydrogens is 216 g/mol. The number of esters is 1. The number of fused-ring (bicyclic) bond motifs is 1. The van der Waals surface area contributed by atoms with Gasteiger partial charge in [0.25, 0.3) is 0 Å². The molecule has 0 amide bonds. The van der Waals surface area contributed by atoms with Crippen molar-refractivity contribution in [2.24, 2.45) is 0 Å². The summed E-state index contributed by atoms with van der Waals surface area (Å²) in [5.41, 5.74) is 0.730. The SMILES string of the molecule is COC(=O)C#Cc1ccc2cc(O)ccc2c1. The van der Waals surface area contributed by atoms with E-state index in [2.05, 4.69) is 16.6 Å². The van der Waals surface area contributed by atoms with Gasteiger partial charge in [-0.15, -0.1) is 0 Å². The van der Waals surface area contributed by atoms with Crippen molar-refractivity contribution in [3.05, 3.63) is 42.0 Å². The Labute approximate surface area is 98.6 Å². The van der Waals surface area contributed by atoms with E-state index in [9.17, 15) is 9.90 Å². The second-order valence-corrected chi connectivity index (χ2v) is 3.49. The molecule has 0 bridgehead atoms. The highest BCUT2D eigenvalue weighted by Gasteiger charge is 1.96. The van der Waals surface area contributed by atoms with Gasteiger partial charge in [0.1, 0.15) is 5.75 Å². The van der Waals surface area contributed by atoms with Crippen molar-refractivity contribution >= 4 is 16.7 Å². The van der Waals surface area contributed by atoms with Gasteiger partial charge in [-0.25, -0.2) is 4.79 Å². The molecule has 0 aliphatic heterocycles. The number of phenolic OH excluding ortho intramolecular Hbond substituents is 1. The Kier molecular flexibility index (Phi) is 2.97. The molecule has 17 heavy (non-hydrogen) atoms. The van der Waals surface area contributed by atoms with Gasteiger partial charge in [-0.2, -0.15) is 0 Å². The van der Waals surface area contributed by atoms with E-state index in [-0.39, 0.29) is 5.75 Å². The van der Waals surface area contributed by atoms with E-state index in [1.807, 2.05) is 12.1 Å². The first-order chi connectivity index (χ1) is 8.19. The summed E-state index contributed by atoms with van der Waals surface area (Å²) in [5.74, 6) is 4.75. The molecule has 3 nitrogen and oxygen atoms in total. The standard InChI is InChI=1S/C14H10O3/c1-17-14(16)7-3-10-2-4-12-9-13(15)6-5-11(12)8-10/h2,4-6,8-9,15H,1H3. The van der Waals surface area contributed by atoms with Crippen LogP contribution >= 0.6 is 0 Å². The molecule has 0 saturated carbocycles. The maximum atomic E-state index is 10.9. The molecule has 0 heterocycles. The van der Waals surface area contributed by atoms with E-state index < -0.39 is 5.97 Å². The summed E-state index contributed by atoms with van der Waals surface area (Å²) < 4.78 is 4.43. The van der Waals surface area contributed by atoms with Crippen LogP contribution in [0.15, 0.2) is 36.4 Å². The minimum atomic E-state index is -0.559. The number of carbonyl (C=O) groups excluding carboxylic acids is 1. The number of phenols is 1. The Morgan fingerprint density at radius 1 is 1.18 bits per heavy atom. The molecule has 0 aliphatic rings. The fraction of sp³-hybridized carbons (Fsp3) is 0.0714. The fourth-order valence-electron chi connectivity index (χ4n) is 1.49. The summed E-state index contributed by atoms with van der Waals surface area (Å²) in [6.07, 6.45) is 0. The molecule has 0 unspecified atom stereocenters. The van der Waals surface area contributed by atoms with Crippen molar-refractivity contribution in [3.63, 3.8) is 0 Å². The van der Waals surface area contributed by atoms with Gasteiger partial charge in [0.2, 0.25) is 0 Å². The van der Waals surface area contributed by atoms with Crippen LogP contribution in [-0.2, 0) is 9.53 Å². The third-order valence-electron chi connectivity index (χ3n) is 2.32. The van der Waals surface area contributed by atoms with Crippen molar-refractivity contribution in [1.82, 2.24) is 0 Å². The minimum absolute atomic E-state index is 0.228. The summed E-state index contributed by atoms with van der Waals surface area (Å²) in [6, 6.07) is 10.6. The molecule has 0 radical (unpaired) electrons. The van der Waals surface area contributed by atoms with E-state index in [0.717, 1.165) is 16.3 Å². The van der Waals surface area contributed by atoms with E-state index in [4.69, 9.17) is 0 Å². The molecule has 0 aliphatic carbocycles. The molecule has 2 aromatic rings. The summed E-state index contributed by atoms with van der Waals surface area (Å²) in [6.45, 7) is 0. The quantitative estimate of drug-likeness (QED) is 0.552. The van der Waals surface area contributed by atoms with Crippen LogP contribution in [0.1, 0.15) is 5.56 Å². The predicted molar refractivity (Wildman–Crippen MR) is 64.5 cm³/mol. The van der Waals surface area contributed by atoms with Gasteiger partial charge in [0.15, 0.2) is 0 Å². The third-order valence-corrected chi connectivity index (χ3v) is 2.32. The van der Waals surface area contributed by atoms with Gasteiger partial charge in [-0.3, -0.25) is 0 Å². The molecule has 0 spiro atoms. The Bertz CT molecular complexity index is 633. The molecule has 0 saturated heterocycles. The number of benzene rings is 2. The smallest absolute Gasteiger partial charge is 0.384 e. The van der Waals surface area contributed by atoms with Gasteiger partial charge in [0.05, 0.1) is 7.11 Å². The number of carbonyl (C=O) groups is 1. The average molecular weight is 226 g/mol. The van der Waals surface area contributed by atoms with Crippen LogP contribution in [0, 0.1) is 11.8 Å². The first kappa shape index (κ1) is 11.0. The summed E-state index contributed by atoms with van der Waals surface area (Å²) in [7, 11) is 1.29. The van der Waals surface area contributed by atoms with E-state index >= 15 is 0 Å². The lowest BCUT2D eigenvalue weighted by molar-refractivity contribution is -0.133. The van der Waals surface area contributed by atoms with Crippen LogP contribution in [-0.4, -0.2) is 18.2 Å². The van der Waals surface area contributed by atoms with Crippen LogP contribution in [0.25, 0.3) is 10.8 Å². The van der Waals surface area contributed by atoms with Gasteiger partial charge in [0, 0.05) is 11.5 Å². The number of hydrogen-bond donors (Lipinski definition) is 1. The number of aromatic hydroxyl groups is 1. The maximum Gasteiger partial charge on any atom is 0.384 e. The van der Waals surface area contributed by atoms with Gasteiger partial charge in [-0.05, 0) is 35.0 Å². The van der Waals surface area contributed by atoms with Crippen molar-refractivity contribution in [3.8, 4) is 17.6 Å². The third kappa shape index (κ3) is 2.56. The highest BCUT2D eigenvalue weighted by atomic mass is 16.5. The molecule has 2 aromatic carbocycles. The Balaban J connectivity index is 2.40. The fourth-order valence-corrected chi connectivity index (χ4v) is 1.49. The second kappa shape index (κ2) is 4.58. The molecular formula is C14H10O3. The van der Waals surface area contributed by atoms with Crippen molar-refractivity contribution in [2.45, 2.75) is 0 Å². The molecule has 1 N–H and O–H groups in total. The Morgan fingerprint density at radius 3 is 2.65 bits per heavy atom. The van der Waals surface area contributed by atoms with Crippen LogP contribution in [0.4, 0.5) is 0 Å². The van der Waals surface area contributed by atoms with Gasteiger partial charge >= 0.3 is 5.97 Å². The molecule has 84 valence electrons. The van der Waals surface area contributed by atoms with Crippen LogP contribution in [0.5, 0.6) is 5.75 Å². The van der Waals surface area contributed by atoms with E-state index in [0.29, 0.717) is 0 Å². The van der Waals surface area contributed by atoms with Crippen molar-refractivity contribution in [1.29, 1.82) is 0 Å². The summed E-state index contributed by atoms with van der Waals surface area (Å²) in [5, 5.41) is 11.2. The number of ether oxygens (including phenoxy) is 1. The lowest BCUT2D eigenvalue weighted by Crippen LogP contribution is -1.94. The number of rotatable bonds is 0. The zero-order valence-electron chi connectivity index (χ0n) is 9.23. The minimum Gasteiger partial charge on any atom is -0.508 e. The molecule has 0 atom stereocenters. The molecule has 3 heteroatoms. The lowest BCUT2D eigenvalue weighted by atomic mass is 10.1. The zero-order valence-corrected chi connectivity index (χ0v) is 9.23. The highest BCUT2D eigenvalue weighted by molar-refractivity contribution is 5.90. The van der Waals surface area contributed by atoms with Gasteiger partial charge < -0.3 is 9.84 Å². The normalized spacial score (nSPS) is 9.47. The zero-order chi connectivity index (χ0) is 12.3. The summed E-state index contributed by atoms with van der Waals surface area (Å²) in [4.78, 5) is 10.9. The van der Waals surface area contributed by atoms with E-state index in [1.165, 1.54) is 7.11 Å². The number of hydrogen-bond acceptors (Lipinski definition) is 3. The Hall–Kier alpha value is -2.47. The van der Waals surface area contributed by atoms with Gasteiger partial charge in [-0.1, -0.05) is 18.1 Å². The lowest BCUT2D eigenvalue weighted by Gasteiger charge is -1.99. The number of methoxy groups -OCH3 is 1. The van der Waals surface area contributed by atoms with Crippen molar-refractivity contribution in [2.75, 3.05) is 7.11 Å².